The number of hydroxylamine groups is 1. The number of nitrogens with one attached hydrogen (secondary N) is 1. The molecule has 3 nitrogen and oxygen atoms in total. The van der Waals surface area contributed by atoms with E-state index in [1.54, 1.807) is 0 Å². The second-order valence-corrected chi connectivity index (χ2v) is 5.48. The first kappa shape index (κ1) is 13.8. The average molecular weight is 280 g/mol. The summed E-state index contributed by atoms with van der Waals surface area (Å²) < 4.78 is 0. The van der Waals surface area contributed by atoms with Gasteiger partial charge in [-0.25, -0.2) is 0 Å². The van der Waals surface area contributed by atoms with E-state index in [4.69, 9.17) is 4.84 Å². The van der Waals surface area contributed by atoms with Crippen molar-refractivity contribution in [3.05, 3.63) is 59.4 Å². The topological polar surface area (TPSA) is 24.5 Å². The Morgan fingerprint density at radius 2 is 2.29 bits per heavy atom. The van der Waals surface area contributed by atoms with Crippen LogP contribution in [0.2, 0.25) is 0 Å². The van der Waals surface area contributed by atoms with Crippen LogP contribution in [-0.4, -0.2) is 24.6 Å². The number of hydrogen-bond acceptors (Lipinski definition) is 3. The van der Waals surface area contributed by atoms with Crippen LogP contribution in [0.4, 0.5) is 0 Å². The molecule has 2 bridgehead atoms. The number of benzene rings is 1. The third kappa shape index (κ3) is 3.68. The zero-order valence-electron chi connectivity index (χ0n) is 12.3. The van der Waals surface area contributed by atoms with Gasteiger partial charge >= 0.3 is 0 Å². The average Bonchev–Trinajstić information content (AvgIpc) is 3.13. The molecule has 1 fully saturated rings. The van der Waals surface area contributed by atoms with Crippen molar-refractivity contribution in [2.45, 2.75) is 13.3 Å². The van der Waals surface area contributed by atoms with Gasteiger partial charge in [0.1, 0.15) is 0 Å². The molecule has 2 aliphatic rings. The molecule has 0 amide bonds. The Morgan fingerprint density at radius 3 is 3.00 bits per heavy atom. The van der Waals surface area contributed by atoms with E-state index in [9.17, 15) is 0 Å². The molecule has 1 saturated heterocycles. The molecule has 1 atom stereocenters. The Kier molecular flexibility index (Phi) is 4.28. The third-order valence-electron chi connectivity index (χ3n) is 3.82. The predicted molar refractivity (Wildman–Crippen MR) is 83.9 cm³/mol. The lowest BCUT2D eigenvalue weighted by Gasteiger charge is -2.14. The van der Waals surface area contributed by atoms with Crippen molar-refractivity contribution in [1.29, 1.82) is 0 Å². The van der Waals surface area contributed by atoms with Gasteiger partial charge < -0.3 is 4.90 Å². The quantitative estimate of drug-likeness (QED) is 0.521. The molecule has 2 heterocycles. The molecule has 1 unspecified atom stereocenters. The van der Waals surface area contributed by atoms with Gasteiger partial charge in [0.2, 0.25) is 0 Å². The standard InChI is InChI=1S/C18H20N2O/c1-15(7-8-16-5-3-2-4-6-16)10-12-21-19-18-14-20-11-9-17(18)13-20/h2-6,10,14,17,19H,9,11-13H2,1H3. The minimum Gasteiger partial charge on any atom is -0.375 e. The van der Waals surface area contributed by atoms with Crippen LogP contribution in [0.5, 0.6) is 0 Å². The summed E-state index contributed by atoms with van der Waals surface area (Å²) in [7, 11) is 0. The molecule has 21 heavy (non-hydrogen) atoms. The molecule has 3 heteroatoms. The van der Waals surface area contributed by atoms with Gasteiger partial charge in [0, 0.05) is 30.8 Å². The van der Waals surface area contributed by atoms with Crippen molar-refractivity contribution in [2.24, 2.45) is 5.92 Å². The lowest BCUT2D eigenvalue weighted by atomic mass is 10.1. The van der Waals surface area contributed by atoms with E-state index in [-0.39, 0.29) is 0 Å². The number of fused-ring (bicyclic) bond motifs is 2. The predicted octanol–water partition coefficient (Wildman–Crippen LogP) is 2.68. The molecule has 0 aliphatic carbocycles. The molecule has 1 aromatic rings. The Bertz CT molecular complexity index is 607. The van der Waals surface area contributed by atoms with Crippen LogP contribution in [0.1, 0.15) is 18.9 Å². The van der Waals surface area contributed by atoms with Gasteiger partial charge in [0.05, 0.1) is 12.3 Å². The summed E-state index contributed by atoms with van der Waals surface area (Å²) in [5, 5.41) is 0. The fourth-order valence-corrected chi connectivity index (χ4v) is 2.61. The van der Waals surface area contributed by atoms with Crippen molar-refractivity contribution in [2.75, 3.05) is 19.7 Å². The van der Waals surface area contributed by atoms with E-state index in [1.807, 2.05) is 43.3 Å². The fourth-order valence-electron chi connectivity index (χ4n) is 2.61. The first-order valence-corrected chi connectivity index (χ1v) is 7.38. The smallest absolute Gasteiger partial charge is 0.0939 e. The van der Waals surface area contributed by atoms with E-state index in [0.29, 0.717) is 12.5 Å². The van der Waals surface area contributed by atoms with E-state index in [1.165, 1.54) is 18.7 Å². The normalized spacial score (nSPS) is 20.0. The molecule has 1 N–H and O–H groups in total. The Hall–Kier alpha value is -2.18. The summed E-state index contributed by atoms with van der Waals surface area (Å²) >= 11 is 0. The molecular formula is C18H20N2O. The van der Waals surface area contributed by atoms with Crippen LogP contribution in [0.15, 0.2) is 53.9 Å². The maximum atomic E-state index is 5.50. The van der Waals surface area contributed by atoms with Crippen molar-refractivity contribution in [1.82, 2.24) is 10.4 Å². The van der Waals surface area contributed by atoms with Gasteiger partial charge in [0.15, 0.2) is 0 Å². The summed E-state index contributed by atoms with van der Waals surface area (Å²) in [5.41, 5.74) is 6.33. The van der Waals surface area contributed by atoms with Gasteiger partial charge in [-0.15, -0.1) is 0 Å². The minimum absolute atomic E-state index is 0.527. The first-order valence-electron chi connectivity index (χ1n) is 7.38. The Labute approximate surface area is 126 Å². The Morgan fingerprint density at radius 1 is 1.43 bits per heavy atom. The van der Waals surface area contributed by atoms with Crippen molar-refractivity contribution < 1.29 is 4.84 Å². The molecule has 2 aliphatic heterocycles. The summed E-state index contributed by atoms with van der Waals surface area (Å²) in [6, 6.07) is 10.0. The van der Waals surface area contributed by atoms with E-state index >= 15 is 0 Å². The highest BCUT2D eigenvalue weighted by molar-refractivity contribution is 5.39. The molecule has 0 aromatic heterocycles. The van der Waals surface area contributed by atoms with Crippen LogP contribution in [0.3, 0.4) is 0 Å². The van der Waals surface area contributed by atoms with Crippen molar-refractivity contribution in [3.8, 4) is 11.8 Å². The highest BCUT2D eigenvalue weighted by Gasteiger charge is 2.30. The van der Waals surface area contributed by atoms with E-state index < -0.39 is 0 Å². The van der Waals surface area contributed by atoms with Gasteiger partial charge in [-0.1, -0.05) is 30.0 Å². The van der Waals surface area contributed by atoms with Crippen LogP contribution in [0, 0.1) is 17.8 Å². The van der Waals surface area contributed by atoms with Crippen LogP contribution >= 0.6 is 0 Å². The SMILES string of the molecule is CC(C#Cc1ccccc1)=CCONC1=CN2CCC1C2. The fraction of sp³-hybridized carbons (Fsp3) is 0.333. The number of nitrogens with zero attached hydrogens (tertiary/aromatic N) is 1. The lowest BCUT2D eigenvalue weighted by Crippen LogP contribution is -2.20. The maximum absolute atomic E-state index is 5.50. The number of allylic oxidation sites excluding steroid dienone is 1. The van der Waals surface area contributed by atoms with Crippen LogP contribution in [0.25, 0.3) is 0 Å². The maximum Gasteiger partial charge on any atom is 0.0939 e. The van der Waals surface area contributed by atoms with Gasteiger partial charge in [-0.05, 0) is 37.1 Å². The molecular weight excluding hydrogens is 260 g/mol. The van der Waals surface area contributed by atoms with Gasteiger partial charge in [-0.2, -0.15) is 0 Å². The minimum atomic E-state index is 0.527. The van der Waals surface area contributed by atoms with Gasteiger partial charge in [-0.3, -0.25) is 10.3 Å². The summed E-state index contributed by atoms with van der Waals surface area (Å²) in [5.74, 6) is 6.90. The highest BCUT2D eigenvalue weighted by Crippen LogP contribution is 2.29. The number of hydrogen-bond donors (Lipinski definition) is 1. The number of rotatable bonds is 4. The molecule has 0 saturated carbocycles. The largest absolute Gasteiger partial charge is 0.375 e. The van der Waals surface area contributed by atoms with E-state index in [2.05, 4.69) is 28.4 Å². The van der Waals surface area contributed by atoms with Crippen LogP contribution in [-0.2, 0) is 4.84 Å². The van der Waals surface area contributed by atoms with Crippen LogP contribution < -0.4 is 5.48 Å². The molecule has 0 radical (unpaired) electrons. The molecule has 108 valence electrons. The van der Waals surface area contributed by atoms with Gasteiger partial charge in [0.25, 0.3) is 0 Å². The monoisotopic (exact) mass is 280 g/mol. The lowest BCUT2D eigenvalue weighted by molar-refractivity contribution is 0.0789. The second kappa shape index (κ2) is 6.51. The molecule has 1 aromatic carbocycles. The second-order valence-electron chi connectivity index (χ2n) is 5.48. The zero-order valence-corrected chi connectivity index (χ0v) is 12.3. The third-order valence-corrected chi connectivity index (χ3v) is 3.82. The molecule has 0 spiro atoms. The first-order chi connectivity index (χ1) is 10.3. The summed E-state index contributed by atoms with van der Waals surface area (Å²) in [6.45, 7) is 4.86. The highest BCUT2D eigenvalue weighted by atomic mass is 16.6. The van der Waals surface area contributed by atoms with E-state index in [0.717, 1.165) is 17.7 Å². The van der Waals surface area contributed by atoms with Crippen molar-refractivity contribution in [3.63, 3.8) is 0 Å². The molecule has 3 rings (SSSR count). The summed E-state index contributed by atoms with van der Waals surface area (Å²) in [4.78, 5) is 7.84. The zero-order chi connectivity index (χ0) is 14.5. The van der Waals surface area contributed by atoms with Crippen molar-refractivity contribution >= 4 is 0 Å². The summed E-state index contributed by atoms with van der Waals surface area (Å²) in [6.07, 6.45) is 5.40. The Balaban J connectivity index is 1.44.